The van der Waals surface area contributed by atoms with Crippen LogP contribution in [-0.4, -0.2) is 36.3 Å². The maximum Gasteiger partial charge on any atom is 0.112 e. The molecular weight excluding hydrogens is 216 g/mol. The van der Waals surface area contributed by atoms with Gasteiger partial charge in [-0.15, -0.1) is 0 Å². The largest absolute Gasteiger partial charge is 0.378 e. The van der Waals surface area contributed by atoms with Crippen molar-refractivity contribution >= 4 is 16.7 Å². The van der Waals surface area contributed by atoms with Crippen molar-refractivity contribution in [1.29, 1.82) is 5.26 Å². The highest BCUT2D eigenvalue weighted by atomic mass is 16.5. The maximum atomic E-state index is 9.03. The van der Waals surface area contributed by atoms with Crippen molar-refractivity contribution in [3.8, 4) is 6.07 Å². The van der Waals surface area contributed by atoms with E-state index in [1.165, 1.54) is 0 Å². The van der Waals surface area contributed by atoms with Gasteiger partial charge in [0.1, 0.15) is 5.52 Å². The molecule has 2 aromatic rings. The molecule has 1 aliphatic heterocycles. The number of morpholine rings is 1. The van der Waals surface area contributed by atoms with Gasteiger partial charge in [-0.2, -0.15) is 5.26 Å². The molecule has 0 atom stereocenters. The van der Waals surface area contributed by atoms with Crippen LogP contribution >= 0.6 is 0 Å². The fourth-order valence-corrected chi connectivity index (χ4v) is 2.14. The van der Waals surface area contributed by atoms with Gasteiger partial charge in [0.05, 0.1) is 42.4 Å². The van der Waals surface area contributed by atoms with Crippen LogP contribution in [0.25, 0.3) is 11.0 Å². The quantitative estimate of drug-likeness (QED) is 0.798. The van der Waals surface area contributed by atoms with E-state index in [1.54, 1.807) is 6.33 Å². The van der Waals surface area contributed by atoms with Crippen LogP contribution in [0.1, 0.15) is 5.56 Å². The number of nitrogens with zero attached hydrogens (tertiary/aromatic N) is 3. The van der Waals surface area contributed by atoms with Gasteiger partial charge in [0, 0.05) is 13.1 Å². The summed E-state index contributed by atoms with van der Waals surface area (Å²) in [7, 11) is 0. The molecule has 1 aromatic heterocycles. The van der Waals surface area contributed by atoms with Gasteiger partial charge in [-0.3, -0.25) is 0 Å². The van der Waals surface area contributed by atoms with Crippen molar-refractivity contribution in [3.05, 3.63) is 24.0 Å². The smallest absolute Gasteiger partial charge is 0.112 e. The molecule has 1 saturated heterocycles. The molecule has 3 rings (SSSR count). The Balaban J connectivity index is 2.12. The number of imidazole rings is 1. The number of aromatic amines is 1. The number of anilines is 1. The number of H-pyrrole nitrogens is 1. The van der Waals surface area contributed by atoms with Crippen LogP contribution in [-0.2, 0) is 4.74 Å². The third-order valence-electron chi connectivity index (χ3n) is 2.98. The fourth-order valence-electron chi connectivity index (χ4n) is 2.14. The molecule has 0 bridgehead atoms. The average Bonchev–Trinajstić information content (AvgIpc) is 2.86. The molecule has 0 saturated carbocycles. The molecule has 2 heterocycles. The first-order valence-electron chi connectivity index (χ1n) is 5.58. The molecule has 1 fully saturated rings. The van der Waals surface area contributed by atoms with Gasteiger partial charge in [-0.05, 0) is 12.1 Å². The lowest BCUT2D eigenvalue weighted by molar-refractivity contribution is 0.123. The summed E-state index contributed by atoms with van der Waals surface area (Å²) in [5, 5.41) is 9.03. The van der Waals surface area contributed by atoms with Crippen molar-refractivity contribution in [2.24, 2.45) is 0 Å². The molecular formula is C12H12N4O. The zero-order chi connectivity index (χ0) is 11.7. The zero-order valence-corrected chi connectivity index (χ0v) is 9.31. The Hall–Kier alpha value is -2.06. The molecule has 5 heteroatoms. The number of benzene rings is 1. The van der Waals surface area contributed by atoms with E-state index in [0.717, 1.165) is 43.0 Å². The number of hydrogen-bond acceptors (Lipinski definition) is 4. The van der Waals surface area contributed by atoms with Crippen molar-refractivity contribution < 1.29 is 4.74 Å². The molecule has 1 N–H and O–H groups in total. The molecule has 5 nitrogen and oxygen atoms in total. The Morgan fingerprint density at radius 1 is 1.35 bits per heavy atom. The van der Waals surface area contributed by atoms with Crippen LogP contribution in [0.4, 0.5) is 5.69 Å². The first-order valence-corrected chi connectivity index (χ1v) is 5.58. The van der Waals surface area contributed by atoms with Crippen molar-refractivity contribution in [2.75, 3.05) is 31.2 Å². The normalized spacial score (nSPS) is 16.1. The van der Waals surface area contributed by atoms with Crippen LogP contribution in [0.3, 0.4) is 0 Å². The minimum atomic E-state index is 0.656. The molecule has 0 spiro atoms. The summed E-state index contributed by atoms with van der Waals surface area (Å²) < 4.78 is 5.34. The zero-order valence-electron chi connectivity index (χ0n) is 9.31. The Morgan fingerprint density at radius 3 is 2.94 bits per heavy atom. The second-order valence-corrected chi connectivity index (χ2v) is 4.01. The van der Waals surface area contributed by atoms with Gasteiger partial charge in [-0.1, -0.05) is 0 Å². The predicted octanol–water partition coefficient (Wildman–Crippen LogP) is 1.27. The second-order valence-electron chi connectivity index (χ2n) is 4.01. The predicted molar refractivity (Wildman–Crippen MR) is 63.8 cm³/mol. The van der Waals surface area contributed by atoms with E-state index in [-0.39, 0.29) is 0 Å². The van der Waals surface area contributed by atoms with Gasteiger partial charge in [0.2, 0.25) is 0 Å². The van der Waals surface area contributed by atoms with E-state index < -0.39 is 0 Å². The number of nitrogens with one attached hydrogen (secondary N) is 1. The highest BCUT2D eigenvalue weighted by Gasteiger charge is 2.16. The topological polar surface area (TPSA) is 64.9 Å². The Bertz CT molecular complexity index is 578. The molecule has 0 amide bonds. The van der Waals surface area contributed by atoms with Gasteiger partial charge >= 0.3 is 0 Å². The number of ether oxygens (including phenoxy) is 1. The summed E-state index contributed by atoms with van der Waals surface area (Å²) in [6.07, 6.45) is 1.66. The fraction of sp³-hybridized carbons (Fsp3) is 0.333. The summed E-state index contributed by atoms with van der Waals surface area (Å²) >= 11 is 0. The lowest BCUT2D eigenvalue weighted by Gasteiger charge is -2.29. The number of aromatic nitrogens is 2. The Labute approximate surface area is 98.6 Å². The third-order valence-corrected chi connectivity index (χ3v) is 2.98. The molecule has 0 unspecified atom stereocenters. The maximum absolute atomic E-state index is 9.03. The van der Waals surface area contributed by atoms with E-state index in [0.29, 0.717) is 5.56 Å². The lowest BCUT2D eigenvalue weighted by atomic mass is 10.1. The van der Waals surface area contributed by atoms with Crippen molar-refractivity contribution in [2.45, 2.75) is 0 Å². The van der Waals surface area contributed by atoms with Gasteiger partial charge in [0.15, 0.2) is 0 Å². The highest BCUT2D eigenvalue weighted by molar-refractivity contribution is 5.90. The van der Waals surface area contributed by atoms with Gasteiger partial charge in [0.25, 0.3) is 0 Å². The number of rotatable bonds is 1. The van der Waals surface area contributed by atoms with Gasteiger partial charge < -0.3 is 14.6 Å². The van der Waals surface area contributed by atoms with E-state index >= 15 is 0 Å². The number of hydrogen-bond donors (Lipinski definition) is 1. The van der Waals surface area contributed by atoms with E-state index in [4.69, 9.17) is 10.00 Å². The molecule has 17 heavy (non-hydrogen) atoms. The van der Waals surface area contributed by atoms with E-state index in [2.05, 4.69) is 20.9 Å². The highest BCUT2D eigenvalue weighted by Crippen LogP contribution is 2.26. The van der Waals surface area contributed by atoms with Crippen LogP contribution in [0.2, 0.25) is 0 Å². The average molecular weight is 228 g/mol. The van der Waals surface area contributed by atoms with Crippen molar-refractivity contribution in [3.63, 3.8) is 0 Å². The molecule has 0 aliphatic carbocycles. The summed E-state index contributed by atoms with van der Waals surface area (Å²) in [6.45, 7) is 3.14. The van der Waals surface area contributed by atoms with Gasteiger partial charge in [-0.25, -0.2) is 4.98 Å². The minimum absolute atomic E-state index is 0.656. The van der Waals surface area contributed by atoms with Crippen molar-refractivity contribution in [1.82, 2.24) is 9.97 Å². The van der Waals surface area contributed by atoms with Crippen LogP contribution in [0.15, 0.2) is 18.5 Å². The first kappa shape index (κ1) is 10.1. The van der Waals surface area contributed by atoms with Crippen LogP contribution in [0.5, 0.6) is 0 Å². The minimum Gasteiger partial charge on any atom is -0.378 e. The number of nitriles is 1. The van der Waals surface area contributed by atoms with E-state index in [9.17, 15) is 0 Å². The molecule has 0 radical (unpaired) electrons. The Morgan fingerprint density at radius 2 is 2.18 bits per heavy atom. The molecule has 1 aliphatic rings. The summed E-state index contributed by atoms with van der Waals surface area (Å²) in [6, 6.07) is 5.91. The monoisotopic (exact) mass is 228 g/mol. The number of fused-ring (bicyclic) bond motifs is 1. The molecule has 1 aromatic carbocycles. The SMILES string of the molecule is N#Cc1cc(N2CCOCC2)c2nc[nH]c2c1. The summed E-state index contributed by atoms with van der Waals surface area (Å²) in [5.74, 6) is 0. The van der Waals surface area contributed by atoms with Crippen LogP contribution in [0, 0.1) is 11.3 Å². The second kappa shape index (κ2) is 4.07. The van der Waals surface area contributed by atoms with Crippen LogP contribution < -0.4 is 4.90 Å². The first-order chi connectivity index (χ1) is 8.38. The molecule has 86 valence electrons. The third kappa shape index (κ3) is 1.73. The summed E-state index contributed by atoms with van der Waals surface area (Å²) in [5.41, 5.74) is 3.50. The lowest BCUT2D eigenvalue weighted by Crippen LogP contribution is -2.36. The van der Waals surface area contributed by atoms with E-state index in [1.807, 2.05) is 12.1 Å². The Kier molecular flexibility index (Phi) is 2.42. The standard InChI is InChI=1S/C12H12N4O/c13-7-9-5-10-12(15-8-14-10)11(6-9)16-1-3-17-4-2-16/h5-6,8H,1-4H2,(H,14,15). The summed E-state index contributed by atoms with van der Waals surface area (Å²) in [4.78, 5) is 9.59.